The first-order chi connectivity index (χ1) is 8.65. The van der Waals surface area contributed by atoms with Crippen molar-refractivity contribution < 1.29 is 4.42 Å². The van der Waals surface area contributed by atoms with Gasteiger partial charge in [-0.05, 0) is 31.2 Å². The van der Waals surface area contributed by atoms with E-state index in [-0.39, 0.29) is 0 Å². The molecule has 0 aliphatic heterocycles. The van der Waals surface area contributed by atoms with E-state index in [1.165, 1.54) is 19.3 Å². The van der Waals surface area contributed by atoms with Crippen molar-refractivity contribution >= 4 is 6.01 Å². The zero-order valence-electron chi connectivity index (χ0n) is 11.6. The Morgan fingerprint density at radius 1 is 1.33 bits per heavy atom. The molecule has 5 nitrogen and oxygen atoms in total. The number of hydrogen-bond donors (Lipinski definition) is 2. The van der Waals surface area contributed by atoms with Gasteiger partial charge in [-0.3, -0.25) is 0 Å². The minimum Gasteiger partial charge on any atom is -0.407 e. The summed E-state index contributed by atoms with van der Waals surface area (Å²) in [6, 6.07) is 1.05. The van der Waals surface area contributed by atoms with Crippen LogP contribution in [0.1, 0.15) is 45.9 Å². The lowest BCUT2D eigenvalue weighted by Crippen LogP contribution is -2.21. The summed E-state index contributed by atoms with van der Waals surface area (Å²) in [7, 11) is 0. The third-order valence-electron chi connectivity index (χ3n) is 3.47. The van der Waals surface area contributed by atoms with E-state index in [4.69, 9.17) is 4.42 Å². The zero-order valence-corrected chi connectivity index (χ0v) is 11.6. The standard InChI is InChI=1S/C13H24N4O/c1-9(2)7-14-8-12-16-17-13(18-12)15-11-6-4-5-10(11)3/h9-11,14H,4-8H2,1-3H3,(H,15,17). The highest BCUT2D eigenvalue weighted by Gasteiger charge is 2.24. The second-order valence-corrected chi connectivity index (χ2v) is 5.68. The van der Waals surface area contributed by atoms with Crippen molar-refractivity contribution in [2.45, 2.75) is 52.6 Å². The summed E-state index contributed by atoms with van der Waals surface area (Å²) in [5, 5.41) is 14.7. The minimum absolute atomic E-state index is 0.488. The smallest absolute Gasteiger partial charge is 0.315 e. The summed E-state index contributed by atoms with van der Waals surface area (Å²) in [4.78, 5) is 0. The molecule has 0 amide bonds. The maximum Gasteiger partial charge on any atom is 0.315 e. The second kappa shape index (κ2) is 6.18. The Balaban J connectivity index is 1.78. The van der Waals surface area contributed by atoms with Crippen LogP contribution in [-0.2, 0) is 6.54 Å². The molecule has 0 saturated heterocycles. The number of rotatable bonds is 6. The molecule has 1 aromatic heterocycles. The average Bonchev–Trinajstić information content (AvgIpc) is 2.90. The van der Waals surface area contributed by atoms with Crippen LogP contribution in [0.2, 0.25) is 0 Å². The Morgan fingerprint density at radius 3 is 2.83 bits per heavy atom. The van der Waals surface area contributed by atoms with Crippen molar-refractivity contribution in [2.75, 3.05) is 11.9 Å². The number of hydrogen-bond acceptors (Lipinski definition) is 5. The van der Waals surface area contributed by atoms with Crippen LogP contribution >= 0.6 is 0 Å². The van der Waals surface area contributed by atoms with E-state index in [0.717, 1.165) is 6.54 Å². The van der Waals surface area contributed by atoms with Crippen molar-refractivity contribution in [3.8, 4) is 0 Å². The van der Waals surface area contributed by atoms with Crippen LogP contribution in [0.4, 0.5) is 6.01 Å². The van der Waals surface area contributed by atoms with E-state index in [1.54, 1.807) is 0 Å². The van der Waals surface area contributed by atoms with Crippen molar-refractivity contribution in [1.82, 2.24) is 15.5 Å². The number of nitrogens with zero attached hydrogens (tertiary/aromatic N) is 2. The van der Waals surface area contributed by atoms with E-state index < -0.39 is 0 Å². The predicted molar refractivity (Wildman–Crippen MR) is 71.3 cm³/mol. The molecule has 5 heteroatoms. The molecule has 0 radical (unpaired) electrons. The van der Waals surface area contributed by atoms with Crippen molar-refractivity contribution in [3.05, 3.63) is 5.89 Å². The minimum atomic E-state index is 0.488. The predicted octanol–water partition coefficient (Wildman–Crippen LogP) is 2.42. The van der Waals surface area contributed by atoms with E-state index >= 15 is 0 Å². The quantitative estimate of drug-likeness (QED) is 0.814. The molecule has 1 heterocycles. The maximum absolute atomic E-state index is 5.58. The fourth-order valence-electron chi connectivity index (χ4n) is 2.37. The van der Waals surface area contributed by atoms with Gasteiger partial charge in [-0.15, -0.1) is 5.10 Å². The summed E-state index contributed by atoms with van der Waals surface area (Å²) in [6.07, 6.45) is 3.77. The normalized spacial score (nSPS) is 23.8. The highest BCUT2D eigenvalue weighted by atomic mass is 16.4. The van der Waals surface area contributed by atoms with E-state index in [0.29, 0.717) is 36.3 Å². The second-order valence-electron chi connectivity index (χ2n) is 5.68. The molecule has 0 aromatic carbocycles. The summed E-state index contributed by atoms with van der Waals surface area (Å²) >= 11 is 0. The van der Waals surface area contributed by atoms with Gasteiger partial charge in [-0.2, -0.15) is 0 Å². The fraction of sp³-hybridized carbons (Fsp3) is 0.846. The van der Waals surface area contributed by atoms with Crippen LogP contribution in [0.5, 0.6) is 0 Å². The average molecular weight is 252 g/mol. The third-order valence-corrected chi connectivity index (χ3v) is 3.47. The van der Waals surface area contributed by atoms with Gasteiger partial charge in [0.05, 0.1) is 6.54 Å². The molecular formula is C13H24N4O. The van der Waals surface area contributed by atoms with Gasteiger partial charge in [0.25, 0.3) is 0 Å². The van der Waals surface area contributed by atoms with Crippen LogP contribution in [-0.4, -0.2) is 22.8 Å². The van der Waals surface area contributed by atoms with Crippen molar-refractivity contribution in [1.29, 1.82) is 0 Å². The molecule has 1 aliphatic carbocycles. The van der Waals surface area contributed by atoms with Gasteiger partial charge in [0.15, 0.2) is 0 Å². The molecule has 2 unspecified atom stereocenters. The van der Waals surface area contributed by atoms with Crippen molar-refractivity contribution in [3.63, 3.8) is 0 Å². The molecule has 2 rings (SSSR count). The van der Waals surface area contributed by atoms with Gasteiger partial charge in [0.2, 0.25) is 5.89 Å². The Morgan fingerprint density at radius 2 is 2.17 bits per heavy atom. The first-order valence-electron chi connectivity index (χ1n) is 6.94. The van der Waals surface area contributed by atoms with Crippen LogP contribution in [0.3, 0.4) is 0 Å². The molecule has 18 heavy (non-hydrogen) atoms. The fourth-order valence-corrected chi connectivity index (χ4v) is 2.37. The Bertz CT molecular complexity index is 364. The Hall–Kier alpha value is -1.10. The largest absolute Gasteiger partial charge is 0.407 e. The van der Waals surface area contributed by atoms with Gasteiger partial charge >= 0.3 is 6.01 Å². The molecule has 1 aromatic rings. The lowest BCUT2D eigenvalue weighted by Gasteiger charge is -2.14. The number of aromatic nitrogens is 2. The summed E-state index contributed by atoms with van der Waals surface area (Å²) in [5.74, 6) is 1.98. The van der Waals surface area contributed by atoms with Crippen molar-refractivity contribution in [2.24, 2.45) is 11.8 Å². The molecule has 2 N–H and O–H groups in total. The highest BCUT2D eigenvalue weighted by Crippen LogP contribution is 2.27. The molecule has 1 saturated carbocycles. The Kier molecular flexibility index (Phi) is 4.58. The van der Waals surface area contributed by atoms with Gasteiger partial charge in [0, 0.05) is 6.04 Å². The number of anilines is 1. The monoisotopic (exact) mass is 252 g/mol. The topological polar surface area (TPSA) is 63.0 Å². The summed E-state index contributed by atoms with van der Waals surface area (Å²) in [5.41, 5.74) is 0. The molecular weight excluding hydrogens is 228 g/mol. The molecule has 1 fully saturated rings. The highest BCUT2D eigenvalue weighted by molar-refractivity contribution is 5.20. The molecule has 1 aliphatic rings. The third kappa shape index (κ3) is 3.70. The van der Waals surface area contributed by atoms with E-state index in [2.05, 4.69) is 41.6 Å². The molecule has 0 bridgehead atoms. The molecule has 2 atom stereocenters. The zero-order chi connectivity index (χ0) is 13.0. The lowest BCUT2D eigenvalue weighted by molar-refractivity contribution is 0.449. The van der Waals surface area contributed by atoms with Gasteiger partial charge in [-0.1, -0.05) is 32.3 Å². The van der Waals surface area contributed by atoms with Gasteiger partial charge < -0.3 is 15.1 Å². The van der Waals surface area contributed by atoms with Gasteiger partial charge in [0.1, 0.15) is 0 Å². The maximum atomic E-state index is 5.58. The molecule has 0 spiro atoms. The summed E-state index contributed by atoms with van der Waals surface area (Å²) < 4.78 is 5.58. The van der Waals surface area contributed by atoms with Crippen LogP contribution in [0, 0.1) is 11.8 Å². The van der Waals surface area contributed by atoms with E-state index in [9.17, 15) is 0 Å². The van der Waals surface area contributed by atoms with Crippen LogP contribution < -0.4 is 10.6 Å². The van der Waals surface area contributed by atoms with E-state index in [1.807, 2.05) is 0 Å². The summed E-state index contributed by atoms with van der Waals surface area (Å²) in [6.45, 7) is 8.23. The first kappa shape index (κ1) is 13.3. The number of nitrogens with one attached hydrogen (secondary N) is 2. The van der Waals surface area contributed by atoms with Crippen LogP contribution in [0.25, 0.3) is 0 Å². The van der Waals surface area contributed by atoms with Gasteiger partial charge in [-0.25, -0.2) is 0 Å². The SMILES string of the molecule is CC(C)CNCc1nnc(NC2CCCC2C)o1. The molecule has 102 valence electrons. The van der Waals surface area contributed by atoms with Crippen LogP contribution in [0.15, 0.2) is 4.42 Å². The first-order valence-corrected chi connectivity index (χ1v) is 6.94. The lowest BCUT2D eigenvalue weighted by atomic mass is 10.1. The Labute approximate surface area is 109 Å².